The summed E-state index contributed by atoms with van der Waals surface area (Å²) >= 11 is 0. The standard InChI is InChI=1S/C6H7N2/c1-2-5-4-7-8-6(5)3-1/h1-3H2,(H,7,8). The number of rotatable bonds is 0. The molecule has 1 aliphatic rings. The van der Waals surface area contributed by atoms with Gasteiger partial charge in [-0.15, -0.1) is 0 Å². The lowest BCUT2D eigenvalue weighted by molar-refractivity contribution is 0.863. The Morgan fingerprint density at radius 3 is 3.38 bits per heavy atom. The van der Waals surface area contributed by atoms with Gasteiger partial charge in [0.2, 0.25) is 0 Å². The average Bonchev–Trinajstić information content (AvgIpc) is 2.15. The van der Waals surface area contributed by atoms with E-state index < -0.39 is 0 Å². The Kier molecular flexibility index (Phi) is 0.692. The Balaban J connectivity index is 2.54. The topological polar surface area (TPSA) is 28.7 Å². The lowest BCUT2D eigenvalue weighted by Crippen LogP contribution is -1.76. The van der Waals surface area contributed by atoms with Gasteiger partial charge in [-0.3, -0.25) is 5.10 Å². The van der Waals surface area contributed by atoms with Crippen molar-refractivity contribution >= 4 is 0 Å². The van der Waals surface area contributed by atoms with E-state index >= 15 is 0 Å². The van der Waals surface area contributed by atoms with E-state index in [0.29, 0.717) is 0 Å². The third-order valence-electron chi connectivity index (χ3n) is 1.59. The summed E-state index contributed by atoms with van der Waals surface area (Å²) in [5.74, 6) is 0. The van der Waals surface area contributed by atoms with Gasteiger partial charge in [-0.1, -0.05) is 0 Å². The fourth-order valence-electron chi connectivity index (χ4n) is 1.15. The number of H-pyrrole nitrogens is 1. The molecule has 0 aromatic carbocycles. The number of nitrogens with zero attached hydrogens (tertiary/aromatic N) is 1. The fraction of sp³-hybridized carbons (Fsp3) is 0.500. The number of hydrogen-bond donors (Lipinski definition) is 1. The van der Waals surface area contributed by atoms with Crippen molar-refractivity contribution in [2.45, 2.75) is 19.3 Å². The van der Waals surface area contributed by atoms with Crippen molar-refractivity contribution in [3.63, 3.8) is 0 Å². The molecule has 2 rings (SSSR count). The molecule has 8 heavy (non-hydrogen) atoms. The third-order valence-corrected chi connectivity index (χ3v) is 1.59. The summed E-state index contributed by atoms with van der Waals surface area (Å²) in [7, 11) is 0. The molecule has 1 aromatic heterocycles. The smallest absolute Gasteiger partial charge is 0.0866 e. The molecule has 0 spiro atoms. The highest BCUT2D eigenvalue weighted by Gasteiger charge is 2.11. The second kappa shape index (κ2) is 1.34. The van der Waals surface area contributed by atoms with Gasteiger partial charge in [-0.2, -0.15) is 5.10 Å². The normalized spacial score (nSPS) is 16.5. The predicted molar refractivity (Wildman–Crippen MR) is 29.4 cm³/mol. The minimum absolute atomic E-state index is 1.15. The van der Waals surface area contributed by atoms with Gasteiger partial charge in [0, 0.05) is 5.56 Å². The molecule has 1 radical (unpaired) electrons. The molecule has 0 amide bonds. The van der Waals surface area contributed by atoms with E-state index in [0.717, 1.165) is 6.42 Å². The first-order valence-corrected chi connectivity index (χ1v) is 2.90. The monoisotopic (exact) mass is 107 g/mol. The molecule has 1 N–H and O–H groups in total. The highest BCUT2D eigenvalue weighted by molar-refractivity contribution is 5.19. The molecule has 1 aromatic rings. The van der Waals surface area contributed by atoms with Gasteiger partial charge in [0.05, 0.1) is 11.9 Å². The third kappa shape index (κ3) is 0.399. The summed E-state index contributed by atoms with van der Waals surface area (Å²) in [5, 5.41) is 6.74. The predicted octanol–water partition coefficient (Wildman–Crippen LogP) is 0.699. The van der Waals surface area contributed by atoms with Gasteiger partial charge >= 0.3 is 0 Å². The summed E-state index contributed by atoms with van der Waals surface area (Å²) in [4.78, 5) is 0. The van der Waals surface area contributed by atoms with Crippen molar-refractivity contribution in [1.82, 2.24) is 10.2 Å². The lowest BCUT2D eigenvalue weighted by atomic mass is 10.3. The number of aromatic nitrogens is 2. The fourth-order valence-corrected chi connectivity index (χ4v) is 1.15. The minimum atomic E-state index is 1.15. The van der Waals surface area contributed by atoms with Crippen molar-refractivity contribution < 1.29 is 0 Å². The summed E-state index contributed by atoms with van der Waals surface area (Å²) < 4.78 is 0. The van der Waals surface area contributed by atoms with Gasteiger partial charge < -0.3 is 0 Å². The van der Waals surface area contributed by atoms with E-state index in [1.165, 1.54) is 24.1 Å². The van der Waals surface area contributed by atoms with Crippen molar-refractivity contribution in [3.8, 4) is 0 Å². The second-order valence-corrected chi connectivity index (χ2v) is 2.13. The molecule has 2 nitrogen and oxygen atoms in total. The number of aromatic amines is 1. The minimum Gasteiger partial charge on any atom is -0.276 e. The van der Waals surface area contributed by atoms with E-state index in [-0.39, 0.29) is 0 Å². The Morgan fingerprint density at radius 1 is 1.50 bits per heavy atom. The van der Waals surface area contributed by atoms with Gasteiger partial charge in [-0.05, 0) is 19.3 Å². The molecule has 0 bridgehead atoms. The SMILES string of the molecule is [c]1[nH]nc2c1CCC2. The van der Waals surface area contributed by atoms with Crippen molar-refractivity contribution in [1.29, 1.82) is 0 Å². The van der Waals surface area contributed by atoms with Crippen molar-refractivity contribution in [2.75, 3.05) is 0 Å². The Bertz CT molecular complexity index is 172. The first-order chi connectivity index (χ1) is 3.97. The van der Waals surface area contributed by atoms with E-state index in [2.05, 4.69) is 16.4 Å². The number of fused-ring (bicyclic) bond motifs is 1. The molecule has 0 unspecified atom stereocenters. The Hall–Kier alpha value is -0.790. The maximum Gasteiger partial charge on any atom is 0.0866 e. The zero-order valence-corrected chi connectivity index (χ0v) is 4.57. The van der Waals surface area contributed by atoms with Crippen LogP contribution in [0.2, 0.25) is 0 Å². The summed E-state index contributed by atoms with van der Waals surface area (Å²) in [6.45, 7) is 0. The van der Waals surface area contributed by atoms with Gasteiger partial charge in [0.15, 0.2) is 0 Å². The molecule has 0 atom stereocenters. The molecule has 0 fully saturated rings. The quantitative estimate of drug-likeness (QED) is 0.519. The number of hydrogen-bond acceptors (Lipinski definition) is 1. The number of nitrogens with one attached hydrogen (secondary N) is 1. The molecule has 2 heteroatoms. The van der Waals surface area contributed by atoms with Crippen LogP contribution in [0.3, 0.4) is 0 Å². The highest BCUT2D eigenvalue weighted by atomic mass is 15.1. The number of aryl methyl sites for hydroxylation is 2. The zero-order chi connectivity index (χ0) is 5.40. The molecule has 0 aliphatic heterocycles. The maximum absolute atomic E-state index is 4.02. The van der Waals surface area contributed by atoms with E-state index in [1.54, 1.807) is 0 Å². The molecule has 1 aliphatic carbocycles. The van der Waals surface area contributed by atoms with Crippen LogP contribution >= 0.6 is 0 Å². The lowest BCUT2D eigenvalue weighted by Gasteiger charge is -1.76. The summed E-state index contributed by atoms with van der Waals surface area (Å²) in [6.07, 6.45) is 6.57. The van der Waals surface area contributed by atoms with E-state index in [1.807, 2.05) is 0 Å². The van der Waals surface area contributed by atoms with E-state index in [9.17, 15) is 0 Å². The maximum atomic E-state index is 4.02. The molecule has 1 heterocycles. The zero-order valence-electron chi connectivity index (χ0n) is 4.57. The van der Waals surface area contributed by atoms with Crippen LogP contribution in [0, 0.1) is 6.20 Å². The molecule has 41 valence electrons. The van der Waals surface area contributed by atoms with Crippen LogP contribution in [0.25, 0.3) is 0 Å². The van der Waals surface area contributed by atoms with Crippen molar-refractivity contribution in [2.24, 2.45) is 0 Å². The Morgan fingerprint density at radius 2 is 2.50 bits per heavy atom. The summed E-state index contributed by atoms with van der Waals surface area (Å²) in [6, 6.07) is 0. The second-order valence-electron chi connectivity index (χ2n) is 2.13. The highest BCUT2D eigenvalue weighted by Crippen LogP contribution is 2.16. The average molecular weight is 107 g/mol. The molecule has 0 saturated heterocycles. The van der Waals surface area contributed by atoms with Gasteiger partial charge in [0.1, 0.15) is 0 Å². The first-order valence-electron chi connectivity index (χ1n) is 2.90. The van der Waals surface area contributed by atoms with Crippen LogP contribution in [-0.2, 0) is 12.8 Å². The molecular formula is C6H7N2. The molecular weight excluding hydrogens is 100 g/mol. The van der Waals surface area contributed by atoms with Gasteiger partial charge in [-0.25, -0.2) is 0 Å². The largest absolute Gasteiger partial charge is 0.276 e. The Labute approximate surface area is 47.9 Å². The van der Waals surface area contributed by atoms with Crippen LogP contribution < -0.4 is 0 Å². The molecule has 0 saturated carbocycles. The summed E-state index contributed by atoms with van der Waals surface area (Å²) in [5.41, 5.74) is 2.52. The van der Waals surface area contributed by atoms with Crippen LogP contribution in [0.1, 0.15) is 17.7 Å². The van der Waals surface area contributed by atoms with Gasteiger partial charge in [0.25, 0.3) is 0 Å². The van der Waals surface area contributed by atoms with Crippen LogP contribution in [0.15, 0.2) is 0 Å². The van der Waals surface area contributed by atoms with Crippen LogP contribution in [0.4, 0.5) is 0 Å². The van der Waals surface area contributed by atoms with Crippen LogP contribution in [0.5, 0.6) is 0 Å². The van der Waals surface area contributed by atoms with Crippen molar-refractivity contribution in [3.05, 3.63) is 17.5 Å². The van der Waals surface area contributed by atoms with Crippen LogP contribution in [-0.4, -0.2) is 10.2 Å². The first kappa shape index (κ1) is 4.13. The van der Waals surface area contributed by atoms with E-state index in [4.69, 9.17) is 0 Å².